The second kappa shape index (κ2) is 8.89. The van der Waals surface area contributed by atoms with Crippen LogP contribution < -0.4 is 15.1 Å². The van der Waals surface area contributed by atoms with E-state index in [0.717, 1.165) is 17.6 Å². The Hall–Kier alpha value is -3.20. The van der Waals surface area contributed by atoms with Gasteiger partial charge in [0.2, 0.25) is 11.6 Å². The Morgan fingerprint density at radius 2 is 1.74 bits per heavy atom. The van der Waals surface area contributed by atoms with Gasteiger partial charge < -0.3 is 15.1 Å². The van der Waals surface area contributed by atoms with Gasteiger partial charge in [-0.1, -0.05) is 34.1 Å². The molecule has 0 radical (unpaired) electrons. The summed E-state index contributed by atoms with van der Waals surface area (Å²) in [5.74, 6) is 0.531. The molecule has 1 saturated heterocycles. The third-order valence-corrected chi connectivity index (χ3v) is 6.06. The fraction of sp³-hybridized carbons (Fsp3) is 0.273. The van der Waals surface area contributed by atoms with Crippen LogP contribution in [0.3, 0.4) is 0 Å². The van der Waals surface area contributed by atoms with Gasteiger partial charge in [-0.25, -0.2) is 9.97 Å². The van der Waals surface area contributed by atoms with Crippen molar-refractivity contribution in [1.82, 2.24) is 9.97 Å². The van der Waals surface area contributed by atoms with E-state index in [1.165, 1.54) is 23.1 Å². The third kappa shape index (κ3) is 4.46. The van der Waals surface area contributed by atoms with Crippen LogP contribution in [0, 0.1) is 24.0 Å². The lowest BCUT2D eigenvalue weighted by Gasteiger charge is -2.37. The molecule has 9 heteroatoms. The summed E-state index contributed by atoms with van der Waals surface area (Å²) in [7, 11) is 0. The van der Waals surface area contributed by atoms with Crippen molar-refractivity contribution >= 4 is 44.6 Å². The van der Waals surface area contributed by atoms with E-state index in [1.807, 2.05) is 29.2 Å². The number of hydrogen-bond donors (Lipinski definition) is 1. The van der Waals surface area contributed by atoms with Crippen molar-refractivity contribution in [2.24, 2.45) is 0 Å². The highest BCUT2D eigenvalue weighted by Crippen LogP contribution is 2.35. The van der Waals surface area contributed by atoms with Crippen LogP contribution in [0.2, 0.25) is 0 Å². The molecule has 2 aromatic carbocycles. The standard InChI is InChI=1S/C22H23BrN6O2/c1-15-5-3-8-19(16(15)2)27-9-11-28(12-10-27)22-20(29(30)31)21(24-14-25-22)26-18-7-4-6-17(23)13-18/h3-8,13-14H,9-12H2,1-2H3,(H,24,25,26). The fourth-order valence-corrected chi connectivity index (χ4v) is 4.20. The highest BCUT2D eigenvalue weighted by Gasteiger charge is 2.29. The Bertz CT molecular complexity index is 1110. The van der Waals surface area contributed by atoms with Crippen LogP contribution >= 0.6 is 15.9 Å². The number of nitrogens with one attached hydrogen (secondary N) is 1. The fourth-order valence-electron chi connectivity index (χ4n) is 3.80. The zero-order valence-corrected chi connectivity index (χ0v) is 19.0. The van der Waals surface area contributed by atoms with E-state index in [0.29, 0.717) is 24.6 Å². The van der Waals surface area contributed by atoms with Gasteiger partial charge in [-0.3, -0.25) is 10.1 Å². The summed E-state index contributed by atoms with van der Waals surface area (Å²) in [4.78, 5) is 24.3. The maximum atomic E-state index is 11.9. The number of anilines is 4. The Morgan fingerprint density at radius 1 is 1.03 bits per heavy atom. The first kappa shape index (κ1) is 21.0. The monoisotopic (exact) mass is 482 g/mol. The summed E-state index contributed by atoms with van der Waals surface area (Å²) in [6.45, 7) is 7.05. The van der Waals surface area contributed by atoms with E-state index in [2.05, 4.69) is 68.2 Å². The van der Waals surface area contributed by atoms with Gasteiger partial charge in [-0.05, 0) is 49.2 Å². The summed E-state index contributed by atoms with van der Waals surface area (Å²) in [6.07, 6.45) is 1.37. The second-order valence-corrected chi connectivity index (χ2v) is 8.40. The maximum Gasteiger partial charge on any atom is 0.353 e. The highest BCUT2D eigenvalue weighted by molar-refractivity contribution is 9.10. The normalized spacial score (nSPS) is 13.9. The predicted octanol–water partition coefficient (Wildman–Crippen LogP) is 4.83. The summed E-state index contributed by atoms with van der Waals surface area (Å²) < 4.78 is 0.872. The number of nitro groups is 1. The van der Waals surface area contributed by atoms with E-state index in [-0.39, 0.29) is 11.5 Å². The van der Waals surface area contributed by atoms with Crippen LogP contribution in [-0.2, 0) is 0 Å². The van der Waals surface area contributed by atoms with E-state index < -0.39 is 4.92 Å². The Labute approximate surface area is 189 Å². The quantitative estimate of drug-likeness (QED) is 0.411. The van der Waals surface area contributed by atoms with Gasteiger partial charge >= 0.3 is 5.69 Å². The first-order valence-corrected chi connectivity index (χ1v) is 10.8. The summed E-state index contributed by atoms with van der Waals surface area (Å²) >= 11 is 3.41. The zero-order chi connectivity index (χ0) is 22.0. The van der Waals surface area contributed by atoms with Gasteiger partial charge in [0.1, 0.15) is 6.33 Å². The molecule has 3 aromatic rings. The molecule has 31 heavy (non-hydrogen) atoms. The Balaban J connectivity index is 1.57. The Kier molecular flexibility index (Phi) is 6.03. The van der Waals surface area contributed by atoms with Gasteiger partial charge in [0.05, 0.1) is 4.92 Å². The topological polar surface area (TPSA) is 87.4 Å². The van der Waals surface area contributed by atoms with Crippen LogP contribution in [0.5, 0.6) is 0 Å². The molecule has 1 aliphatic heterocycles. The Morgan fingerprint density at radius 3 is 2.45 bits per heavy atom. The lowest BCUT2D eigenvalue weighted by molar-refractivity contribution is -0.383. The predicted molar refractivity (Wildman–Crippen MR) is 126 cm³/mol. The largest absolute Gasteiger partial charge is 0.368 e. The van der Waals surface area contributed by atoms with Crippen LogP contribution in [-0.4, -0.2) is 41.1 Å². The van der Waals surface area contributed by atoms with Crippen molar-refractivity contribution in [1.29, 1.82) is 0 Å². The first-order valence-electron chi connectivity index (χ1n) is 10.0. The number of aromatic nitrogens is 2. The average molecular weight is 483 g/mol. The SMILES string of the molecule is Cc1cccc(N2CCN(c3ncnc(Nc4cccc(Br)c4)c3[N+](=O)[O-])CC2)c1C. The van der Waals surface area contributed by atoms with Crippen molar-refractivity contribution in [3.8, 4) is 0 Å². The number of rotatable bonds is 5. The molecule has 2 heterocycles. The molecule has 0 unspecified atom stereocenters. The minimum absolute atomic E-state index is 0.109. The van der Waals surface area contributed by atoms with E-state index >= 15 is 0 Å². The lowest BCUT2D eigenvalue weighted by atomic mass is 10.1. The van der Waals surface area contributed by atoms with Crippen molar-refractivity contribution in [2.45, 2.75) is 13.8 Å². The molecule has 4 rings (SSSR count). The van der Waals surface area contributed by atoms with Crippen LogP contribution in [0.4, 0.5) is 28.7 Å². The van der Waals surface area contributed by atoms with Gasteiger partial charge in [0.25, 0.3) is 0 Å². The van der Waals surface area contributed by atoms with Crippen molar-refractivity contribution in [2.75, 3.05) is 41.3 Å². The minimum atomic E-state index is -0.410. The molecule has 0 aliphatic carbocycles. The number of nitrogens with zero attached hydrogens (tertiary/aromatic N) is 5. The number of halogens is 1. The molecular formula is C22H23BrN6O2. The molecule has 1 aliphatic rings. The molecular weight excluding hydrogens is 460 g/mol. The van der Waals surface area contributed by atoms with Crippen molar-refractivity contribution < 1.29 is 4.92 Å². The molecule has 1 aromatic heterocycles. The number of aryl methyl sites for hydroxylation is 1. The van der Waals surface area contributed by atoms with Gasteiger partial charge in [-0.2, -0.15) is 0 Å². The molecule has 0 atom stereocenters. The van der Waals surface area contributed by atoms with E-state index in [4.69, 9.17) is 0 Å². The molecule has 8 nitrogen and oxygen atoms in total. The van der Waals surface area contributed by atoms with Crippen LogP contribution in [0.25, 0.3) is 0 Å². The van der Waals surface area contributed by atoms with Crippen LogP contribution in [0.1, 0.15) is 11.1 Å². The first-order chi connectivity index (χ1) is 14.9. The zero-order valence-electron chi connectivity index (χ0n) is 17.4. The molecule has 0 amide bonds. The number of hydrogen-bond acceptors (Lipinski definition) is 7. The molecule has 0 saturated carbocycles. The van der Waals surface area contributed by atoms with Crippen molar-refractivity contribution in [3.05, 3.63) is 74.5 Å². The second-order valence-electron chi connectivity index (χ2n) is 7.48. The number of piperazine rings is 1. The van der Waals surface area contributed by atoms with Crippen LogP contribution in [0.15, 0.2) is 53.3 Å². The summed E-state index contributed by atoms with van der Waals surface area (Å²) in [6, 6.07) is 13.7. The van der Waals surface area contributed by atoms with Gasteiger partial charge in [0.15, 0.2) is 0 Å². The third-order valence-electron chi connectivity index (χ3n) is 5.57. The molecule has 1 fully saturated rings. The summed E-state index contributed by atoms with van der Waals surface area (Å²) in [5, 5.41) is 15.0. The van der Waals surface area contributed by atoms with Gasteiger partial charge in [0, 0.05) is 42.0 Å². The van der Waals surface area contributed by atoms with Gasteiger partial charge in [-0.15, -0.1) is 0 Å². The smallest absolute Gasteiger partial charge is 0.353 e. The maximum absolute atomic E-state index is 11.9. The van der Waals surface area contributed by atoms with E-state index in [9.17, 15) is 10.1 Å². The highest BCUT2D eigenvalue weighted by atomic mass is 79.9. The number of benzene rings is 2. The van der Waals surface area contributed by atoms with E-state index in [1.54, 1.807) is 0 Å². The average Bonchev–Trinajstić information content (AvgIpc) is 2.75. The molecule has 0 bridgehead atoms. The minimum Gasteiger partial charge on any atom is -0.368 e. The van der Waals surface area contributed by atoms with Crippen molar-refractivity contribution in [3.63, 3.8) is 0 Å². The lowest BCUT2D eigenvalue weighted by Crippen LogP contribution is -2.47. The molecule has 160 valence electrons. The molecule has 1 N–H and O–H groups in total. The molecule has 0 spiro atoms. The summed E-state index contributed by atoms with van der Waals surface area (Å²) in [5.41, 5.74) is 4.34.